The van der Waals surface area contributed by atoms with Gasteiger partial charge in [-0.25, -0.2) is 0 Å². The minimum Gasteiger partial charge on any atom is -0.481 e. The van der Waals surface area contributed by atoms with Gasteiger partial charge in [0.1, 0.15) is 5.76 Å². The summed E-state index contributed by atoms with van der Waals surface area (Å²) in [5.74, 6) is -0.945. The number of nitrogens with one attached hydrogen (secondary N) is 1. The first-order valence-electron chi connectivity index (χ1n) is 9.37. The topological polar surface area (TPSA) is 99.8 Å². The van der Waals surface area contributed by atoms with E-state index in [0.717, 1.165) is 5.56 Å². The van der Waals surface area contributed by atoms with Crippen molar-refractivity contribution in [3.8, 4) is 0 Å². The maximum atomic E-state index is 12.7. The van der Waals surface area contributed by atoms with Gasteiger partial charge in [0.05, 0.1) is 18.7 Å². The number of aliphatic carboxylic acids is 1. The average molecular weight is 384 g/mol. The molecular formula is C21H24N2O5. The summed E-state index contributed by atoms with van der Waals surface area (Å²) in [5, 5.41) is 12.0. The number of likely N-dealkylation sites (tertiary alicyclic amines) is 1. The van der Waals surface area contributed by atoms with Crippen LogP contribution in [0.4, 0.5) is 0 Å². The van der Waals surface area contributed by atoms with Gasteiger partial charge in [0, 0.05) is 25.4 Å². The number of benzene rings is 1. The molecule has 1 aliphatic heterocycles. The van der Waals surface area contributed by atoms with Gasteiger partial charge in [-0.2, -0.15) is 0 Å². The third-order valence-electron chi connectivity index (χ3n) is 4.89. The van der Waals surface area contributed by atoms with E-state index in [0.29, 0.717) is 31.7 Å². The number of amides is 2. The second kappa shape index (κ2) is 9.21. The van der Waals surface area contributed by atoms with Crippen molar-refractivity contribution in [1.29, 1.82) is 0 Å². The maximum absolute atomic E-state index is 12.7. The Balaban J connectivity index is 1.59. The second-order valence-corrected chi connectivity index (χ2v) is 7.08. The minimum atomic E-state index is -0.895. The lowest BCUT2D eigenvalue weighted by atomic mass is 10.00. The van der Waals surface area contributed by atoms with E-state index in [2.05, 4.69) is 5.32 Å². The molecule has 1 fully saturated rings. The van der Waals surface area contributed by atoms with Gasteiger partial charge >= 0.3 is 5.97 Å². The molecule has 0 radical (unpaired) electrons. The fourth-order valence-corrected chi connectivity index (χ4v) is 3.43. The zero-order chi connectivity index (χ0) is 19.9. The van der Waals surface area contributed by atoms with Crippen LogP contribution in [0.3, 0.4) is 0 Å². The Bertz CT molecular complexity index is 803. The predicted molar refractivity (Wildman–Crippen MR) is 101 cm³/mol. The molecule has 1 aliphatic rings. The molecule has 0 bridgehead atoms. The van der Waals surface area contributed by atoms with Crippen LogP contribution in [0.15, 0.2) is 53.1 Å². The Morgan fingerprint density at radius 2 is 2.00 bits per heavy atom. The number of nitrogens with zero attached hydrogens (tertiary/aromatic N) is 1. The third-order valence-corrected chi connectivity index (χ3v) is 4.89. The van der Waals surface area contributed by atoms with E-state index >= 15 is 0 Å². The fourth-order valence-electron chi connectivity index (χ4n) is 3.43. The van der Waals surface area contributed by atoms with E-state index in [1.165, 1.54) is 0 Å². The summed E-state index contributed by atoms with van der Waals surface area (Å²) in [6.07, 6.45) is 2.58. The molecule has 2 unspecified atom stereocenters. The molecule has 1 saturated heterocycles. The highest BCUT2D eigenvalue weighted by atomic mass is 16.4. The molecule has 28 heavy (non-hydrogen) atoms. The standard InChI is InChI=1S/C21H24N2O5/c24-19-12-16(13-23(19)14-18-7-4-10-28-18)21(27)22-17(8-9-20(25)26)11-15-5-2-1-3-6-15/h1-7,10,16-17H,8-9,11-14H2,(H,22,27)(H,25,26). The summed E-state index contributed by atoms with van der Waals surface area (Å²) in [4.78, 5) is 37.5. The molecule has 0 saturated carbocycles. The number of hydrogen-bond acceptors (Lipinski definition) is 4. The highest BCUT2D eigenvalue weighted by Gasteiger charge is 2.35. The van der Waals surface area contributed by atoms with Crippen molar-refractivity contribution in [3.63, 3.8) is 0 Å². The van der Waals surface area contributed by atoms with Crippen molar-refractivity contribution in [2.75, 3.05) is 6.54 Å². The quantitative estimate of drug-likeness (QED) is 0.691. The zero-order valence-electron chi connectivity index (χ0n) is 15.5. The highest BCUT2D eigenvalue weighted by Crippen LogP contribution is 2.21. The molecule has 2 aromatic rings. The van der Waals surface area contributed by atoms with Gasteiger partial charge < -0.3 is 19.7 Å². The van der Waals surface area contributed by atoms with Crippen LogP contribution in [0.25, 0.3) is 0 Å². The zero-order valence-corrected chi connectivity index (χ0v) is 15.5. The Morgan fingerprint density at radius 1 is 1.21 bits per heavy atom. The third kappa shape index (κ3) is 5.45. The van der Waals surface area contributed by atoms with E-state index in [1.807, 2.05) is 30.3 Å². The molecule has 2 heterocycles. The molecular weight excluding hydrogens is 360 g/mol. The monoisotopic (exact) mass is 384 g/mol. The van der Waals surface area contributed by atoms with Gasteiger partial charge in [-0.15, -0.1) is 0 Å². The smallest absolute Gasteiger partial charge is 0.303 e. The molecule has 1 aromatic carbocycles. The van der Waals surface area contributed by atoms with Crippen LogP contribution < -0.4 is 5.32 Å². The molecule has 7 heteroatoms. The summed E-state index contributed by atoms with van der Waals surface area (Å²) >= 11 is 0. The number of hydrogen-bond donors (Lipinski definition) is 2. The van der Waals surface area contributed by atoms with Crippen molar-refractivity contribution in [2.24, 2.45) is 5.92 Å². The summed E-state index contributed by atoms with van der Waals surface area (Å²) < 4.78 is 5.27. The van der Waals surface area contributed by atoms with E-state index in [1.54, 1.807) is 23.3 Å². The molecule has 0 aliphatic carbocycles. The number of carbonyl (C=O) groups is 3. The van der Waals surface area contributed by atoms with Crippen LogP contribution in [0.5, 0.6) is 0 Å². The lowest BCUT2D eigenvalue weighted by Gasteiger charge is -2.21. The first-order valence-corrected chi connectivity index (χ1v) is 9.37. The Morgan fingerprint density at radius 3 is 2.68 bits per heavy atom. The van der Waals surface area contributed by atoms with Gasteiger partial charge in [-0.1, -0.05) is 30.3 Å². The second-order valence-electron chi connectivity index (χ2n) is 7.08. The van der Waals surface area contributed by atoms with E-state index in [9.17, 15) is 14.4 Å². The predicted octanol–water partition coefficient (Wildman–Crippen LogP) is 2.22. The largest absolute Gasteiger partial charge is 0.481 e. The number of carboxylic acid groups (broad SMARTS) is 1. The fraction of sp³-hybridized carbons (Fsp3) is 0.381. The van der Waals surface area contributed by atoms with Crippen LogP contribution in [-0.4, -0.2) is 40.4 Å². The molecule has 0 spiro atoms. The van der Waals surface area contributed by atoms with Crippen LogP contribution >= 0.6 is 0 Å². The lowest BCUT2D eigenvalue weighted by molar-refractivity contribution is -0.137. The van der Waals surface area contributed by atoms with Crippen LogP contribution in [0.2, 0.25) is 0 Å². The number of furan rings is 1. The van der Waals surface area contributed by atoms with Crippen molar-refractivity contribution in [2.45, 2.75) is 38.3 Å². The molecule has 2 amide bonds. The maximum Gasteiger partial charge on any atom is 0.303 e. The van der Waals surface area contributed by atoms with Crippen molar-refractivity contribution in [1.82, 2.24) is 10.2 Å². The minimum absolute atomic E-state index is 0.0218. The molecule has 1 aromatic heterocycles. The average Bonchev–Trinajstić information content (AvgIpc) is 3.31. The Kier molecular flexibility index (Phi) is 6.47. The number of carbonyl (C=O) groups excluding carboxylic acids is 2. The van der Waals surface area contributed by atoms with Crippen molar-refractivity contribution >= 4 is 17.8 Å². The van der Waals surface area contributed by atoms with Crippen LogP contribution in [0, 0.1) is 5.92 Å². The molecule has 7 nitrogen and oxygen atoms in total. The SMILES string of the molecule is O=C(O)CCC(Cc1ccccc1)NC(=O)C1CC(=O)N(Cc2ccco2)C1. The summed E-state index contributed by atoms with van der Waals surface area (Å²) in [5.41, 5.74) is 1.03. The number of rotatable bonds is 9. The van der Waals surface area contributed by atoms with Gasteiger partial charge in [0.2, 0.25) is 11.8 Å². The van der Waals surface area contributed by atoms with Crippen molar-refractivity contribution < 1.29 is 23.9 Å². The van der Waals surface area contributed by atoms with E-state index < -0.39 is 11.9 Å². The van der Waals surface area contributed by atoms with Crippen LogP contribution in [-0.2, 0) is 27.3 Å². The molecule has 2 atom stereocenters. The van der Waals surface area contributed by atoms with Gasteiger partial charge in [-0.05, 0) is 30.5 Å². The van der Waals surface area contributed by atoms with Gasteiger partial charge in [-0.3, -0.25) is 14.4 Å². The summed E-state index contributed by atoms with van der Waals surface area (Å²) in [6, 6.07) is 12.9. The van der Waals surface area contributed by atoms with Crippen molar-refractivity contribution in [3.05, 3.63) is 60.1 Å². The number of carboxylic acids is 1. The highest BCUT2D eigenvalue weighted by molar-refractivity contribution is 5.89. The first-order chi connectivity index (χ1) is 13.5. The van der Waals surface area contributed by atoms with Gasteiger partial charge in [0.15, 0.2) is 0 Å². The first kappa shape index (κ1) is 19.7. The van der Waals surface area contributed by atoms with Crippen LogP contribution in [0.1, 0.15) is 30.6 Å². The normalized spacial score (nSPS) is 17.5. The Labute approximate surface area is 163 Å². The van der Waals surface area contributed by atoms with Gasteiger partial charge in [0.25, 0.3) is 0 Å². The summed E-state index contributed by atoms with van der Waals surface area (Å²) in [7, 11) is 0. The Hall–Kier alpha value is -3.09. The summed E-state index contributed by atoms with van der Waals surface area (Å²) in [6.45, 7) is 0.685. The molecule has 148 valence electrons. The molecule has 3 rings (SSSR count). The lowest BCUT2D eigenvalue weighted by Crippen LogP contribution is -2.41. The van der Waals surface area contributed by atoms with E-state index in [-0.39, 0.29) is 30.7 Å². The molecule has 2 N–H and O–H groups in total. The van der Waals surface area contributed by atoms with E-state index in [4.69, 9.17) is 9.52 Å².